The number of guanidine groups is 1. The zero-order valence-corrected chi connectivity index (χ0v) is 21.6. The van der Waals surface area contributed by atoms with Crippen molar-refractivity contribution >= 4 is 35.8 Å². The number of nitrogen functional groups attached to an aromatic ring is 1. The number of nitrogens with two attached hydrogens (primary N) is 1. The molecule has 32 heavy (non-hydrogen) atoms. The van der Waals surface area contributed by atoms with E-state index in [1.807, 2.05) is 37.3 Å². The first-order valence-electron chi connectivity index (χ1n) is 11.0. The summed E-state index contributed by atoms with van der Waals surface area (Å²) in [5.41, 5.74) is 8.15. The first-order chi connectivity index (χ1) is 15.1. The molecule has 0 fully saturated rings. The lowest BCUT2D eigenvalue weighted by Gasteiger charge is -2.12. The van der Waals surface area contributed by atoms with Crippen LogP contribution in [0.15, 0.2) is 35.3 Å². The van der Waals surface area contributed by atoms with Gasteiger partial charge in [0.25, 0.3) is 0 Å². The van der Waals surface area contributed by atoms with Crippen molar-refractivity contribution in [3.8, 4) is 11.8 Å². The Kier molecular flexibility index (Phi) is 13.4. The summed E-state index contributed by atoms with van der Waals surface area (Å²) in [6, 6.07) is 11.8. The van der Waals surface area contributed by atoms with E-state index in [9.17, 15) is 5.26 Å². The lowest BCUT2D eigenvalue weighted by atomic mass is 10.1. The fourth-order valence-electron chi connectivity index (χ4n) is 2.98. The van der Waals surface area contributed by atoms with Crippen LogP contribution in [0.2, 0.25) is 0 Å². The van der Waals surface area contributed by atoms with Crippen molar-refractivity contribution in [1.82, 2.24) is 20.4 Å². The predicted octanol–water partition coefficient (Wildman–Crippen LogP) is 3.49. The molecule has 4 N–H and O–H groups in total. The number of halogens is 1. The quantitative estimate of drug-likeness (QED) is 0.161. The van der Waals surface area contributed by atoms with Crippen LogP contribution >= 0.6 is 24.0 Å². The van der Waals surface area contributed by atoms with E-state index in [4.69, 9.17) is 10.5 Å². The molecule has 0 amide bonds. The summed E-state index contributed by atoms with van der Waals surface area (Å²) in [6.45, 7) is 9.97. The van der Waals surface area contributed by atoms with Crippen LogP contribution in [0, 0.1) is 17.2 Å². The molecule has 1 aromatic heterocycles. The Balaban J connectivity index is 0.00000512. The summed E-state index contributed by atoms with van der Waals surface area (Å²) in [7, 11) is 0. The molecule has 2 rings (SSSR count). The lowest BCUT2D eigenvalue weighted by Crippen LogP contribution is -2.39. The third-order valence-corrected chi connectivity index (χ3v) is 4.67. The highest BCUT2D eigenvalue weighted by molar-refractivity contribution is 14.0. The minimum atomic E-state index is 0. The number of aryl methyl sites for hydroxylation is 1. The highest BCUT2D eigenvalue weighted by Gasteiger charge is 2.16. The molecule has 0 saturated heterocycles. The highest BCUT2D eigenvalue weighted by Crippen LogP contribution is 2.21. The molecule has 1 aromatic carbocycles. The van der Waals surface area contributed by atoms with Gasteiger partial charge < -0.3 is 21.1 Å². The van der Waals surface area contributed by atoms with E-state index < -0.39 is 0 Å². The van der Waals surface area contributed by atoms with Crippen LogP contribution in [0.3, 0.4) is 0 Å². The monoisotopic (exact) mass is 553 g/mol. The van der Waals surface area contributed by atoms with Crippen LogP contribution in [0.5, 0.6) is 0 Å². The molecule has 0 aliphatic rings. The molecule has 0 bridgehead atoms. The van der Waals surface area contributed by atoms with Crippen LogP contribution in [0.1, 0.15) is 44.9 Å². The van der Waals surface area contributed by atoms with Crippen molar-refractivity contribution < 1.29 is 4.74 Å². The van der Waals surface area contributed by atoms with Crippen molar-refractivity contribution in [2.75, 3.05) is 38.6 Å². The highest BCUT2D eigenvalue weighted by atomic mass is 127. The Bertz CT molecular complexity index is 859. The number of hydrogen-bond donors (Lipinski definition) is 3. The Morgan fingerprint density at radius 1 is 1.25 bits per heavy atom. The summed E-state index contributed by atoms with van der Waals surface area (Å²) in [4.78, 5) is 4.61. The zero-order chi connectivity index (χ0) is 22.5. The maximum atomic E-state index is 9.52. The second kappa shape index (κ2) is 15.5. The fraction of sp³-hybridized carbons (Fsp3) is 0.522. The summed E-state index contributed by atoms with van der Waals surface area (Å²) in [6.07, 6.45) is 2.47. The largest absolute Gasteiger partial charge is 0.382 e. The Hall–Kier alpha value is -2.32. The molecule has 0 aliphatic heterocycles. The van der Waals surface area contributed by atoms with Crippen molar-refractivity contribution in [2.45, 2.75) is 40.0 Å². The molecule has 2 aromatic rings. The van der Waals surface area contributed by atoms with Gasteiger partial charge in [-0.2, -0.15) is 10.4 Å². The molecule has 0 spiro atoms. The third kappa shape index (κ3) is 9.04. The standard InChI is InChI=1S/C23H35N7O.HI/c1-4-26-23(28-14-16-31-15-12-18(2)3)27-13-8-11-21-20(17-24)22(25)30(29-21)19-9-6-5-7-10-19;/h5-7,9-10,18H,4,8,11-16,25H2,1-3H3,(H2,26,27,28);1H. The zero-order valence-electron chi connectivity index (χ0n) is 19.3. The Morgan fingerprint density at radius 3 is 2.66 bits per heavy atom. The first kappa shape index (κ1) is 27.7. The molecule has 0 saturated carbocycles. The SMILES string of the molecule is CCNC(=NCCCc1nn(-c2ccccc2)c(N)c1C#N)NCCOCCC(C)C.I. The molecule has 9 heteroatoms. The number of aliphatic imine (C=N–C) groups is 1. The number of nitrogens with zero attached hydrogens (tertiary/aromatic N) is 4. The van der Waals surface area contributed by atoms with Gasteiger partial charge in [-0.1, -0.05) is 32.0 Å². The van der Waals surface area contributed by atoms with Gasteiger partial charge in [-0.15, -0.1) is 24.0 Å². The van der Waals surface area contributed by atoms with Gasteiger partial charge in [0.2, 0.25) is 0 Å². The van der Waals surface area contributed by atoms with Gasteiger partial charge in [0.15, 0.2) is 5.96 Å². The Labute approximate surface area is 208 Å². The van der Waals surface area contributed by atoms with Gasteiger partial charge in [-0.3, -0.25) is 4.99 Å². The van der Waals surface area contributed by atoms with Crippen LogP contribution < -0.4 is 16.4 Å². The number of hydrogen-bond acceptors (Lipinski definition) is 5. The number of nitrogens with one attached hydrogen (secondary N) is 2. The average molecular weight is 553 g/mol. The Morgan fingerprint density at radius 2 is 2.00 bits per heavy atom. The number of ether oxygens (including phenoxy) is 1. The molecule has 0 unspecified atom stereocenters. The van der Waals surface area contributed by atoms with Gasteiger partial charge in [0.1, 0.15) is 17.5 Å². The first-order valence-corrected chi connectivity index (χ1v) is 11.0. The molecular weight excluding hydrogens is 517 g/mol. The van der Waals surface area contributed by atoms with Gasteiger partial charge in [0.05, 0.1) is 18.0 Å². The minimum absolute atomic E-state index is 0. The topological polar surface area (TPSA) is 113 Å². The van der Waals surface area contributed by atoms with Gasteiger partial charge in [-0.25, -0.2) is 4.68 Å². The molecule has 0 aliphatic carbocycles. The van der Waals surface area contributed by atoms with Gasteiger partial charge >= 0.3 is 0 Å². The molecule has 8 nitrogen and oxygen atoms in total. The maximum Gasteiger partial charge on any atom is 0.191 e. The smallest absolute Gasteiger partial charge is 0.191 e. The summed E-state index contributed by atoms with van der Waals surface area (Å²) in [5.74, 6) is 1.80. The van der Waals surface area contributed by atoms with Crippen LogP contribution in [-0.2, 0) is 11.2 Å². The summed E-state index contributed by atoms with van der Waals surface area (Å²) < 4.78 is 7.26. The van der Waals surface area contributed by atoms with E-state index in [1.165, 1.54) is 0 Å². The number of anilines is 1. The maximum absolute atomic E-state index is 9.52. The third-order valence-electron chi connectivity index (χ3n) is 4.67. The lowest BCUT2D eigenvalue weighted by molar-refractivity contribution is 0.128. The molecule has 0 radical (unpaired) electrons. The van der Waals surface area contributed by atoms with E-state index in [-0.39, 0.29) is 24.0 Å². The summed E-state index contributed by atoms with van der Waals surface area (Å²) >= 11 is 0. The number of nitriles is 1. The second-order valence-corrected chi connectivity index (χ2v) is 7.65. The van der Waals surface area contributed by atoms with Crippen molar-refractivity contribution in [3.63, 3.8) is 0 Å². The van der Waals surface area contributed by atoms with Crippen molar-refractivity contribution in [2.24, 2.45) is 10.9 Å². The van der Waals surface area contributed by atoms with Gasteiger partial charge in [-0.05, 0) is 44.2 Å². The molecular formula is C23H36IN7O. The normalized spacial score (nSPS) is 11.2. The minimum Gasteiger partial charge on any atom is -0.382 e. The van der Waals surface area contributed by atoms with E-state index in [0.29, 0.717) is 49.1 Å². The van der Waals surface area contributed by atoms with Crippen LogP contribution in [0.4, 0.5) is 5.82 Å². The number of benzene rings is 1. The molecule has 0 atom stereocenters. The predicted molar refractivity (Wildman–Crippen MR) is 141 cm³/mol. The van der Waals surface area contributed by atoms with Crippen LogP contribution in [-0.4, -0.2) is 48.6 Å². The second-order valence-electron chi connectivity index (χ2n) is 7.65. The number of para-hydroxylation sites is 1. The average Bonchev–Trinajstić information content (AvgIpc) is 3.09. The fourth-order valence-corrected chi connectivity index (χ4v) is 2.98. The molecule has 1 heterocycles. The summed E-state index contributed by atoms with van der Waals surface area (Å²) in [5, 5.41) is 20.6. The molecule has 176 valence electrons. The van der Waals surface area contributed by atoms with Crippen molar-refractivity contribution in [3.05, 3.63) is 41.6 Å². The van der Waals surface area contributed by atoms with E-state index in [1.54, 1.807) is 4.68 Å². The van der Waals surface area contributed by atoms with E-state index in [2.05, 4.69) is 40.6 Å². The van der Waals surface area contributed by atoms with Crippen LogP contribution in [0.25, 0.3) is 5.69 Å². The van der Waals surface area contributed by atoms with Gasteiger partial charge in [0, 0.05) is 26.2 Å². The van der Waals surface area contributed by atoms with E-state index in [0.717, 1.165) is 37.6 Å². The number of rotatable bonds is 12. The number of aromatic nitrogens is 2. The van der Waals surface area contributed by atoms with Crippen molar-refractivity contribution in [1.29, 1.82) is 5.26 Å². The van der Waals surface area contributed by atoms with E-state index >= 15 is 0 Å².